The molecule has 1 N–H and O–H groups in total. The lowest BCUT2D eigenvalue weighted by Gasteiger charge is -2.21. The predicted octanol–water partition coefficient (Wildman–Crippen LogP) is 4.13. The minimum Gasteiger partial charge on any atom is -0.497 e. The lowest BCUT2D eigenvalue weighted by atomic mass is 10.1. The van der Waals surface area contributed by atoms with Crippen molar-refractivity contribution >= 4 is 34.5 Å². The fraction of sp³-hybridized carbons (Fsp3) is 0.120. The molecular formula is C25H19N3O5. The van der Waals surface area contributed by atoms with Crippen LogP contribution in [0.2, 0.25) is 0 Å². The van der Waals surface area contributed by atoms with E-state index in [1.807, 2.05) is 24.3 Å². The van der Waals surface area contributed by atoms with E-state index in [1.165, 1.54) is 6.92 Å². The number of carbonyl (C=O) groups is 3. The van der Waals surface area contributed by atoms with Crippen molar-refractivity contribution in [2.45, 2.75) is 13.0 Å². The maximum atomic E-state index is 12.8. The van der Waals surface area contributed by atoms with Gasteiger partial charge in [-0.3, -0.25) is 19.3 Å². The number of methoxy groups -OCH3 is 1. The SMILES string of the molecule is COc1ccc(-c2nc3ccc(NC(=O)C(C)N4C(=O)c5ccccc5C4=O)cc3o2)cc1. The summed E-state index contributed by atoms with van der Waals surface area (Å²) in [7, 11) is 1.60. The zero-order chi connectivity index (χ0) is 23.1. The monoisotopic (exact) mass is 441 g/mol. The van der Waals surface area contributed by atoms with E-state index in [1.54, 1.807) is 49.6 Å². The molecular weight excluding hydrogens is 422 g/mol. The largest absolute Gasteiger partial charge is 0.497 e. The summed E-state index contributed by atoms with van der Waals surface area (Å²) in [5, 5.41) is 2.75. The molecule has 5 rings (SSSR count). The van der Waals surface area contributed by atoms with E-state index in [0.29, 0.717) is 33.8 Å². The smallest absolute Gasteiger partial charge is 0.262 e. The number of nitrogens with zero attached hydrogens (tertiary/aromatic N) is 2. The Morgan fingerprint density at radius 1 is 1.00 bits per heavy atom. The van der Waals surface area contributed by atoms with Gasteiger partial charge in [-0.05, 0) is 55.5 Å². The van der Waals surface area contributed by atoms with Crippen molar-refractivity contribution in [2.24, 2.45) is 0 Å². The van der Waals surface area contributed by atoms with E-state index in [9.17, 15) is 14.4 Å². The number of ether oxygens (including phenoxy) is 1. The predicted molar refractivity (Wildman–Crippen MR) is 121 cm³/mol. The van der Waals surface area contributed by atoms with Crippen molar-refractivity contribution in [3.63, 3.8) is 0 Å². The number of imide groups is 1. The Hall–Kier alpha value is -4.46. The van der Waals surface area contributed by atoms with Crippen molar-refractivity contribution in [2.75, 3.05) is 12.4 Å². The van der Waals surface area contributed by atoms with Crippen molar-refractivity contribution in [1.82, 2.24) is 9.88 Å². The number of hydrogen-bond acceptors (Lipinski definition) is 6. The molecule has 1 aromatic heterocycles. The summed E-state index contributed by atoms with van der Waals surface area (Å²) >= 11 is 0. The Morgan fingerprint density at radius 2 is 1.67 bits per heavy atom. The zero-order valence-electron chi connectivity index (χ0n) is 17.9. The Labute approximate surface area is 188 Å². The van der Waals surface area contributed by atoms with E-state index in [0.717, 1.165) is 16.2 Å². The number of hydrogen-bond donors (Lipinski definition) is 1. The third-order valence-corrected chi connectivity index (χ3v) is 5.59. The van der Waals surface area contributed by atoms with E-state index < -0.39 is 23.8 Å². The first-order valence-electron chi connectivity index (χ1n) is 10.3. The standard InChI is InChI=1S/C25H19N3O5/c1-14(28-24(30)18-5-3-4-6-19(18)25(28)31)22(29)26-16-9-12-20-21(13-16)33-23(27-20)15-7-10-17(32-2)11-8-15/h3-14H,1-2H3,(H,26,29). The maximum absolute atomic E-state index is 12.8. The highest BCUT2D eigenvalue weighted by Crippen LogP contribution is 2.28. The van der Waals surface area contributed by atoms with Crippen LogP contribution < -0.4 is 10.1 Å². The van der Waals surface area contributed by atoms with Crippen LogP contribution in [0.15, 0.2) is 71.1 Å². The Morgan fingerprint density at radius 3 is 2.30 bits per heavy atom. The van der Waals surface area contributed by atoms with Crippen LogP contribution in [0.3, 0.4) is 0 Å². The molecule has 0 bridgehead atoms. The third-order valence-electron chi connectivity index (χ3n) is 5.59. The van der Waals surface area contributed by atoms with E-state index >= 15 is 0 Å². The van der Waals surface area contributed by atoms with Crippen LogP contribution in [0.25, 0.3) is 22.6 Å². The second-order valence-corrected chi connectivity index (χ2v) is 7.62. The highest BCUT2D eigenvalue weighted by atomic mass is 16.5. The molecule has 0 saturated carbocycles. The second kappa shape index (κ2) is 7.90. The van der Waals surface area contributed by atoms with Gasteiger partial charge in [0.2, 0.25) is 11.8 Å². The molecule has 1 atom stereocenters. The zero-order valence-corrected chi connectivity index (χ0v) is 17.9. The van der Waals surface area contributed by atoms with Gasteiger partial charge in [0.05, 0.1) is 18.2 Å². The first-order valence-corrected chi connectivity index (χ1v) is 10.3. The van der Waals surface area contributed by atoms with Gasteiger partial charge >= 0.3 is 0 Å². The second-order valence-electron chi connectivity index (χ2n) is 7.62. The summed E-state index contributed by atoms with van der Waals surface area (Å²) in [5.41, 5.74) is 2.98. The minimum atomic E-state index is -0.988. The highest BCUT2D eigenvalue weighted by Gasteiger charge is 2.40. The molecule has 164 valence electrons. The van der Waals surface area contributed by atoms with Crippen molar-refractivity contribution in [3.05, 3.63) is 77.9 Å². The number of aromatic nitrogens is 1. The van der Waals surface area contributed by atoms with E-state index in [-0.39, 0.29) is 0 Å². The van der Waals surface area contributed by atoms with Crippen molar-refractivity contribution in [1.29, 1.82) is 0 Å². The number of carbonyl (C=O) groups excluding carboxylic acids is 3. The Kier molecular flexibility index (Phi) is 4.90. The molecule has 33 heavy (non-hydrogen) atoms. The molecule has 0 saturated heterocycles. The molecule has 1 unspecified atom stereocenters. The highest BCUT2D eigenvalue weighted by molar-refractivity contribution is 6.23. The summed E-state index contributed by atoms with van der Waals surface area (Å²) in [6.45, 7) is 1.52. The quantitative estimate of drug-likeness (QED) is 0.468. The third kappa shape index (κ3) is 3.51. The normalized spacial score (nSPS) is 13.8. The van der Waals surface area contributed by atoms with Crippen LogP contribution in [0.4, 0.5) is 5.69 Å². The van der Waals surface area contributed by atoms with Crippen LogP contribution in [-0.4, -0.2) is 40.8 Å². The van der Waals surface area contributed by atoms with Gasteiger partial charge in [0, 0.05) is 17.3 Å². The number of amides is 3. The molecule has 0 spiro atoms. The molecule has 1 aliphatic heterocycles. The summed E-state index contributed by atoms with van der Waals surface area (Å²) in [5.74, 6) is -0.276. The fourth-order valence-corrected chi connectivity index (χ4v) is 3.78. The van der Waals surface area contributed by atoms with Crippen LogP contribution in [0.1, 0.15) is 27.6 Å². The number of oxazole rings is 1. The number of anilines is 1. The van der Waals surface area contributed by atoms with Gasteiger partial charge in [-0.25, -0.2) is 4.98 Å². The molecule has 3 aromatic carbocycles. The summed E-state index contributed by atoms with van der Waals surface area (Å²) < 4.78 is 11.0. The average molecular weight is 441 g/mol. The van der Waals surface area contributed by atoms with Gasteiger partial charge in [0.1, 0.15) is 17.3 Å². The van der Waals surface area contributed by atoms with Gasteiger partial charge in [-0.15, -0.1) is 0 Å². The van der Waals surface area contributed by atoms with Crippen LogP contribution >= 0.6 is 0 Å². The van der Waals surface area contributed by atoms with Crippen LogP contribution in [0.5, 0.6) is 5.75 Å². The van der Waals surface area contributed by atoms with E-state index in [4.69, 9.17) is 9.15 Å². The van der Waals surface area contributed by atoms with Crippen LogP contribution in [-0.2, 0) is 4.79 Å². The molecule has 0 radical (unpaired) electrons. The van der Waals surface area contributed by atoms with Gasteiger partial charge in [-0.1, -0.05) is 12.1 Å². The topological polar surface area (TPSA) is 102 Å². The summed E-state index contributed by atoms with van der Waals surface area (Å²) in [6.07, 6.45) is 0. The first kappa shape index (κ1) is 20.4. The number of fused-ring (bicyclic) bond motifs is 2. The molecule has 4 aromatic rings. The molecule has 0 aliphatic carbocycles. The summed E-state index contributed by atoms with van der Waals surface area (Å²) in [4.78, 5) is 43.6. The van der Waals surface area contributed by atoms with Gasteiger partial charge in [0.15, 0.2) is 5.58 Å². The maximum Gasteiger partial charge on any atom is 0.262 e. The fourth-order valence-electron chi connectivity index (χ4n) is 3.78. The van der Waals surface area contributed by atoms with Crippen molar-refractivity contribution in [3.8, 4) is 17.2 Å². The first-order chi connectivity index (χ1) is 16.0. The van der Waals surface area contributed by atoms with Gasteiger partial charge in [-0.2, -0.15) is 0 Å². The van der Waals surface area contributed by atoms with Crippen LogP contribution in [0, 0.1) is 0 Å². The number of benzene rings is 3. The molecule has 8 heteroatoms. The van der Waals surface area contributed by atoms with Crippen molar-refractivity contribution < 1.29 is 23.5 Å². The van der Waals surface area contributed by atoms with Gasteiger partial charge < -0.3 is 14.5 Å². The lowest BCUT2D eigenvalue weighted by Crippen LogP contribution is -2.45. The molecule has 1 aliphatic rings. The number of rotatable bonds is 5. The lowest BCUT2D eigenvalue weighted by molar-refractivity contribution is -0.119. The Balaban J connectivity index is 1.35. The summed E-state index contributed by atoms with van der Waals surface area (Å²) in [6, 6.07) is 17.9. The molecule has 2 heterocycles. The number of nitrogens with one attached hydrogen (secondary N) is 1. The van der Waals surface area contributed by atoms with Gasteiger partial charge in [0.25, 0.3) is 11.8 Å². The molecule has 0 fully saturated rings. The Bertz CT molecular complexity index is 1370. The average Bonchev–Trinajstić information content (AvgIpc) is 3.37. The molecule has 8 nitrogen and oxygen atoms in total. The molecule has 3 amide bonds. The minimum absolute atomic E-state index is 0.302. The van der Waals surface area contributed by atoms with E-state index in [2.05, 4.69) is 10.3 Å².